The minimum absolute atomic E-state index is 0.129. The summed E-state index contributed by atoms with van der Waals surface area (Å²) in [6, 6.07) is 0.432. The fourth-order valence-corrected chi connectivity index (χ4v) is 3.32. The van der Waals surface area contributed by atoms with Gasteiger partial charge in [0.2, 0.25) is 0 Å². The normalized spacial score (nSPS) is 25.7. The quantitative estimate of drug-likeness (QED) is 0.801. The van der Waals surface area contributed by atoms with Gasteiger partial charge in [0.25, 0.3) is 0 Å². The van der Waals surface area contributed by atoms with Gasteiger partial charge in [-0.15, -0.1) is 22.9 Å². The Balaban J connectivity index is 2.01. The van der Waals surface area contributed by atoms with E-state index in [4.69, 9.17) is 21.3 Å². The summed E-state index contributed by atoms with van der Waals surface area (Å²) in [4.78, 5) is 7.18. The van der Waals surface area contributed by atoms with Crippen LogP contribution in [0.5, 0.6) is 0 Å². The molecule has 1 aliphatic rings. The number of halogens is 1. The molecule has 1 fully saturated rings. The summed E-state index contributed by atoms with van der Waals surface area (Å²) in [5.41, 5.74) is 1.31. The molecule has 2 atom stereocenters. The molecule has 0 spiro atoms. The number of morpholine rings is 1. The Labute approximate surface area is 124 Å². The first kappa shape index (κ1) is 15.2. The Morgan fingerprint density at radius 2 is 2.26 bits per heavy atom. The highest BCUT2D eigenvalue weighted by Crippen LogP contribution is 2.25. The van der Waals surface area contributed by atoms with Crippen molar-refractivity contribution < 1.29 is 4.74 Å². The van der Waals surface area contributed by atoms with Crippen LogP contribution in [0.2, 0.25) is 0 Å². The number of nitrogens with zero attached hydrogens (tertiary/aromatic N) is 2. The predicted octanol–water partition coefficient (Wildman–Crippen LogP) is 3.27. The van der Waals surface area contributed by atoms with E-state index in [0.717, 1.165) is 19.7 Å². The van der Waals surface area contributed by atoms with Gasteiger partial charge in [-0.3, -0.25) is 4.90 Å². The van der Waals surface area contributed by atoms with Crippen LogP contribution >= 0.6 is 22.9 Å². The zero-order valence-electron chi connectivity index (χ0n) is 12.1. The molecule has 2 heterocycles. The molecule has 2 unspecified atom stereocenters. The van der Waals surface area contributed by atoms with Crippen molar-refractivity contribution in [3.63, 3.8) is 0 Å². The first-order valence-electron chi connectivity index (χ1n) is 6.76. The fourth-order valence-electron chi connectivity index (χ4n) is 2.09. The second-order valence-electron chi connectivity index (χ2n) is 6.26. The van der Waals surface area contributed by atoms with E-state index in [-0.39, 0.29) is 11.5 Å². The largest absolute Gasteiger partial charge is 0.374 e. The van der Waals surface area contributed by atoms with E-state index in [9.17, 15) is 0 Å². The summed E-state index contributed by atoms with van der Waals surface area (Å²) >= 11 is 7.65. The summed E-state index contributed by atoms with van der Waals surface area (Å²) in [5, 5.41) is 3.37. The van der Waals surface area contributed by atoms with Crippen molar-refractivity contribution in [1.29, 1.82) is 0 Å². The average molecular weight is 303 g/mol. The highest BCUT2D eigenvalue weighted by molar-refractivity contribution is 7.09. The topological polar surface area (TPSA) is 25.4 Å². The van der Waals surface area contributed by atoms with Crippen LogP contribution in [0.25, 0.3) is 0 Å². The van der Waals surface area contributed by atoms with Gasteiger partial charge < -0.3 is 4.74 Å². The van der Waals surface area contributed by atoms with Gasteiger partial charge in [0, 0.05) is 29.3 Å². The third-order valence-corrected chi connectivity index (χ3v) is 4.64. The number of alkyl halides is 1. The van der Waals surface area contributed by atoms with Gasteiger partial charge in [0.1, 0.15) is 5.01 Å². The Morgan fingerprint density at radius 3 is 2.84 bits per heavy atom. The second-order valence-corrected chi connectivity index (χ2v) is 7.52. The summed E-state index contributed by atoms with van der Waals surface area (Å²) < 4.78 is 5.68. The molecular weight excluding hydrogens is 280 g/mol. The predicted molar refractivity (Wildman–Crippen MR) is 81.1 cm³/mol. The molecule has 1 aliphatic heterocycles. The van der Waals surface area contributed by atoms with Gasteiger partial charge >= 0.3 is 0 Å². The lowest BCUT2D eigenvalue weighted by atomic mass is 9.93. The maximum Gasteiger partial charge on any atom is 0.107 e. The SMILES string of the molecule is CC1COC(CCl)CN1Cc1nc(C(C)(C)C)cs1. The lowest BCUT2D eigenvalue weighted by Crippen LogP contribution is -2.48. The molecular formula is C14H23ClN2OS. The van der Waals surface area contributed by atoms with E-state index >= 15 is 0 Å². The molecule has 1 saturated heterocycles. The van der Waals surface area contributed by atoms with E-state index in [1.807, 2.05) is 0 Å². The number of thiazole rings is 1. The number of hydrogen-bond acceptors (Lipinski definition) is 4. The maximum absolute atomic E-state index is 5.90. The molecule has 5 heteroatoms. The first-order valence-corrected chi connectivity index (χ1v) is 8.18. The smallest absolute Gasteiger partial charge is 0.107 e. The molecule has 108 valence electrons. The Morgan fingerprint density at radius 1 is 1.53 bits per heavy atom. The zero-order valence-corrected chi connectivity index (χ0v) is 13.7. The average Bonchev–Trinajstić information content (AvgIpc) is 2.80. The Hall–Kier alpha value is -0.160. The molecule has 2 rings (SSSR count). The van der Waals surface area contributed by atoms with Gasteiger partial charge in [-0.25, -0.2) is 4.98 Å². The van der Waals surface area contributed by atoms with Crippen molar-refractivity contribution in [1.82, 2.24) is 9.88 Å². The third-order valence-electron chi connectivity index (χ3n) is 3.47. The summed E-state index contributed by atoms with van der Waals surface area (Å²) in [7, 11) is 0. The highest BCUT2D eigenvalue weighted by Gasteiger charge is 2.26. The number of ether oxygens (including phenoxy) is 1. The molecule has 19 heavy (non-hydrogen) atoms. The van der Waals surface area contributed by atoms with Gasteiger partial charge in [0.15, 0.2) is 0 Å². The molecule has 0 radical (unpaired) electrons. The molecule has 0 amide bonds. The minimum atomic E-state index is 0.129. The van der Waals surface area contributed by atoms with E-state index in [2.05, 4.69) is 38.0 Å². The third kappa shape index (κ3) is 3.91. The van der Waals surface area contributed by atoms with Crippen LogP contribution in [0, 0.1) is 0 Å². The van der Waals surface area contributed by atoms with E-state index < -0.39 is 0 Å². The molecule has 0 aromatic carbocycles. The molecule has 0 aliphatic carbocycles. The molecule has 1 aromatic heterocycles. The van der Waals surface area contributed by atoms with E-state index in [0.29, 0.717) is 11.9 Å². The first-order chi connectivity index (χ1) is 8.90. The van der Waals surface area contributed by atoms with Crippen LogP contribution in [-0.2, 0) is 16.7 Å². The van der Waals surface area contributed by atoms with Crippen molar-refractivity contribution in [2.75, 3.05) is 19.0 Å². The van der Waals surface area contributed by atoms with E-state index in [1.54, 1.807) is 11.3 Å². The molecule has 0 saturated carbocycles. The molecule has 0 N–H and O–H groups in total. The summed E-state index contributed by atoms with van der Waals surface area (Å²) in [6.07, 6.45) is 0.153. The number of aromatic nitrogens is 1. The molecule has 3 nitrogen and oxygen atoms in total. The van der Waals surface area contributed by atoms with Crippen LogP contribution in [0.1, 0.15) is 38.4 Å². The Kier molecular flexibility index (Phi) is 4.88. The zero-order chi connectivity index (χ0) is 14.0. The number of hydrogen-bond donors (Lipinski definition) is 0. The second kappa shape index (κ2) is 6.08. The monoisotopic (exact) mass is 302 g/mol. The highest BCUT2D eigenvalue weighted by atomic mass is 35.5. The fraction of sp³-hybridized carbons (Fsp3) is 0.786. The number of rotatable bonds is 3. The van der Waals surface area contributed by atoms with Crippen LogP contribution in [-0.4, -0.2) is 41.1 Å². The standard InChI is InChI=1S/C14H23ClN2OS/c1-10-8-18-11(5-15)6-17(10)7-13-16-12(9-19-13)14(2,3)4/h9-11H,5-8H2,1-4H3. The lowest BCUT2D eigenvalue weighted by molar-refractivity contribution is -0.0511. The van der Waals surface area contributed by atoms with Crippen LogP contribution in [0.15, 0.2) is 5.38 Å². The van der Waals surface area contributed by atoms with E-state index in [1.165, 1.54) is 10.7 Å². The maximum atomic E-state index is 5.90. The van der Waals surface area contributed by atoms with Gasteiger partial charge in [-0.1, -0.05) is 20.8 Å². The van der Waals surface area contributed by atoms with Gasteiger partial charge in [-0.2, -0.15) is 0 Å². The van der Waals surface area contributed by atoms with Gasteiger partial charge in [-0.05, 0) is 6.92 Å². The van der Waals surface area contributed by atoms with Crippen molar-refractivity contribution in [3.8, 4) is 0 Å². The summed E-state index contributed by atoms with van der Waals surface area (Å²) in [5.74, 6) is 0.564. The minimum Gasteiger partial charge on any atom is -0.374 e. The van der Waals surface area contributed by atoms with Crippen LogP contribution in [0.3, 0.4) is 0 Å². The van der Waals surface area contributed by atoms with Crippen molar-refractivity contribution >= 4 is 22.9 Å². The molecule has 0 bridgehead atoms. The lowest BCUT2D eigenvalue weighted by Gasteiger charge is -2.36. The molecule has 1 aromatic rings. The van der Waals surface area contributed by atoms with Crippen LogP contribution in [0.4, 0.5) is 0 Å². The van der Waals surface area contributed by atoms with Crippen molar-refractivity contribution in [2.24, 2.45) is 0 Å². The van der Waals surface area contributed by atoms with Crippen molar-refractivity contribution in [3.05, 3.63) is 16.1 Å². The summed E-state index contributed by atoms with van der Waals surface area (Å²) in [6.45, 7) is 11.4. The van der Waals surface area contributed by atoms with Gasteiger partial charge in [0.05, 0.1) is 24.9 Å². The van der Waals surface area contributed by atoms with Crippen molar-refractivity contribution in [2.45, 2.75) is 51.8 Å². The Bertz CT molecular complexity index is 416. The van der Waals surface area contributed by atoms with Crippen LogP contribution < -0.4 is 0 Å².